The number of nitrogens with one attached hydrogen (secondary N) is 1. The summed E-state index contributed by atoms with van der Waals surface area (Å²) in [5, 5.41) is 17.1. The van der Waals surface area contributed by atoms with Crippen LogP contribution in [0.1, 0.15) is 29.2 Å². The summed E-state index contributed by atoms with van der Waals surface area (Å²) in [4.78, 5) is 28.1. The predicted octanol–water partition coefficient (Wildman–Crippen LogP) is 2.26. The summed E-state index contributed by atoms with van der Waals surface area (Å²) in [5.74, 6) is -0.729. The normalized spacial score (nSPS) is 14.6. The van der Waals surface area contributed by atoms with Crippen molar-refractivity contribution in [3.05, 3.63) is 48.8 Å². The minimum Gasteiger partial charge on any atom is -0.507 e. The van der Waals surface area contributed by atoms with Crippen LogP contribution >= 0.6 is 0 Å². The third kappa shape index (κ3) is 4.16. The van der Waals surface area contributed by atoms with E-state index < -0.39 is 0 Å². The zero-order valence-corrected chi connectivity index (χ0v) is 16.1. The van der Waals surface area contributed by atoms with Crippen molar-refractivity contribution >= 4 is 23.2 Å². The number of aromatic hydroxyl groups is 1. The number of hydrogen-bond acceptors (Lipinski definition) is 5. The third-order valence-corrected chi connectivity index (χ3v) is 4.91. The van der Waals surface area contributed by atoms with Crippen LogP contribution in [-0.2, 0) is 4.79 Å². The van der Waals surface area contributed by atoms with Crippen molar-refractivity contribution in [1.82, 2.24) is 14.7 Å². The third-order valence-electron chi connectivity index (χ3n) is 4.91. The lowest BCUT2D eigenvalue weighted by Gasteiger charge is -2.32. The van der Waals surface area contributed by atoms with Crippen LogP contribution < -0.4 is 10.2 Å². The second-order valence-electron chi connectivity index (χ2n) is 7.02. The lowest BCUT2D eigenvalue weighted by atomic mass is 10.0. The molecule has 8 heteroatoms. The number of nitrogens with zero attached hydrogens (tertiary/aromatic N) is 4. The topological polar surface area (TPSA) is 90.7 Å². The fraction of sp³-hybridized carbons (Fsp3) is 0.350. The molecule has 1 fully saturated rings. The molecule has 0 spiro atoms. The first-order valence-corrected chi connectivity index (χ1v) is 9.16. The molecule has 3 rings (SSSR count). The monoisotopic (exact) mass is 383 g/mol. The number of phenolic OH excluding ortho intramolecular Hbond substituents is 1. The summed E-state index contributed by atoms with van der Waals surface area (Å²) in [6, 6.07) is 4.68. The SMILES string of the molecule is C=CC(=O)Nc1ccc(O)c(C(=O)N2CCC(n3cc(N(C)C)cn3)CC2)c1. The van der Waals surface area contributed by atoms with Crippen molar-refractivity contribution < 1.29 is 14.7 Å². The molecule has 8 nitrogen and oxygen atoms in total. The molecule has 2 heterocycles. The van der Waals surface area contributed by atoms with E-state index in [-0.39, 0.29) is 29.2 Å². The Morgan fingerprint density at radius 3 is 2.64 bits per heavy atom. The van der Waals surface area contributed by atoms with Crippen molar-refractivity contribution in [2.45, 2.75) is 18.9 Å². The minimum absolute atomic E-state index is 0.105. The number of anilines is 2. The zero-order chi connectivity index (χ0) is 20.3. The molecule has 1 aromatic carbocycles. The van der Waals surface area contributed by atoms with E-state index >= 15 is 0 Å². The maximum atomic E-state index is 12.9. The smallest absolute Gasteiger partial charge is 0.257 e. The Bertz CT molecular complexity index is 882. The number of aromatic nitrogens is 2. The summed E-state index contributed by atoms with van der Waals surface area (Å²) in [5.41, 5.74) is 1.66. The Morgan fingerprint density at radius 1 is 1.32 bits per heavy atom. The van der Waals surface area contributed by atoms with Gasteiger partial charge in [0.1, 0.15) is 5.75 Å². The van der Waals surface area contributed by atoms with Gasteiger partial charge >= 0.3 is 0 Å². The largest absolute Gasteiger partial charge is 0.507 e. The quantitative estimate of drug-likeness (QED) is 0.610. The van der Waals surface area contributed by atoms with Gasteiger partial charge in [0.25, 0.3) is 5.91 Å². The van der Waals surface area contributed by atoms with Gasteiger partial charge in [-0.1, -0.05) is 6.58 Å². The number of hydrogen-bond donors (Lipinski definition) is 2. The van der Waals surface area contributed by atoms with E-state index in [1.807, 2.05) is 36.1 Å². The first kappa shape index (κ1) is 19.5. The van der Waals surface area contributed by atoms with Crippen molar-refractivity contribution in [3.8, 4) is 5.75 Å². The van der Waals surface area contributed by atoms with Crippen LogP contribution in [0.25, 0.3) is 0 Å². The number of carbonyl (C=O) groups is 2. The Morgan fingerprint density at radius 2 is 2.04 bits per heavy atom. The number of carbonyl (C=O) groups excluding carboxylic acids is 2. The summed E-state index contributed by atoms with van der Waals surface area (Å²) in [7, 11) is 3.95. The molecule has 2 aromatic rings. The van der Waals surface area contributed by atoms with Gasteiger partial charge in [-0.2, -0.15) is 5.10 Å². The standard InChI is InChI=1S/C20H25N5O3/c1-4-19(27)22-14-5-6-18(26)17(11-14)20(28)24-9-7-15(8-10-24)25-13-16(12-21-25)23(2)3/h4-6,11-13,15,26H,1,7-10H2,2-3H3,(H,22,27). The minimum atomic E-state index is -0.374. The second kappa shape index (κ2) is 8.16. The number of benzene rings is 1. The van der Waals surface area contributed by atoms with Gasteiger partial charge in [-0.15, -0.1) is 0 Å². The van der Waals surface area contributed by atoms with Crippen molar-refractivity contribution in [2.75, 3.05) is 37.4 Å². The molecule has 1 aromatic heterocycles. The molecular formula is C20H25N5O3. The lowest BCUT2D eigenvalue weighted by Crippen LogP contribution is -2.39. The van der Waals surface area contributed by atoms with E-state index in [0.29, 0.717) is 18.8 Å². The first-order valence-electron chi connectivity index (χ1n) is 9.16. The molecule has 0 aliphatic carbocycles. The van der Waals surface area contributed by atoms with Gasteiger partial charge in [0.2, 0.25) is 5.91 Å². The Kier molecular flexibility index (Phi) is 5.67. The van der Waals surface area contributed by atoms with Crippen LogP contribution in [0, 0.1) is 0 Å². The highest BCUT2D eigenvalue weighted by Crippen LogP contribution is 2.28. The van der Waals surface area contributed by atoms with Gasteiger partial charge in [0, 0.05) is 39.1 Å². The van der Waals surface area contributed by atoms with Crippen LogP contribution in [0.4, 0.5) is 11.4 Å². The van der Waals surface area contributed by atoms with Crippen molar-refractivity contribution in [2.24, 2.45) is 0 Å². The Hall–Kier alpha value is -3.29. The molecule has 148 valence electrons. The Labute approximate surface area is 164 Å². The molecule has 1 aliphatic heterocycles. The fourth-order valence-corrected chi connectivity index (χ4v) is 3.24. The molecule has 1 aliphatic rings. The summed E-state index contributed by atoms with van der Waals surface area (Å²) >= 11 is 0. The molecule has 0 unspecified atom stereocenters. The van der Waals surface area contributed by atoms with Crippen molar-refractivity contribution in [3.63, 3.8) is 0 Å². The van der Waals surface area contributed by atoms with Crippen LogP contribution in [-0.4, -0.2) is 58.8 Å². The van der Waals surface area contributed by atoms with E-state index in [4.69, 9.17) is 0 Å². The Balaban J connectivity index is 1.67. The van der Waals surface area contributed by atoms with Gasteiger partial charge in [-0.05, 0) is 37.1 Å². The maximum absolute atomic E-state index is 12.9. The average molecular weight is 383 g/mol. The second-order valence-corrected chi connectivity index (χ2v) is 7.02. The van der Waals surface area contributed by atoms with Crippen LogP contribution in [0.15, 0.2) is 43.2 Å². The van der Waals surface area contributed by atoms with Gasteiger partial charge in [0.15, 0.2) is 0 Å². The lowest BCUT2D eigenvalue weighted by molar-refractivity contribution is -0.111. The van der Waals surface area contributed by atoms with Crippen LogP contribution in [0.5, 0.6) is 5.75 Å². The van der Waals surface area contributed by atoms with Gasteiger partial charge in [-0.3, -0.25) is 14.3 Å². The molecule has 2 N–H and O–H groups in total. The predicted molar refractivity (Wildman–Crippen MR) is 108 cm³/mol. The first-order chi connectivity index (χ1) is 13.4. The number of likely N-dealkylation sites (tertiary alicyclic amines) is 1. The van der Waals surface area contributed by atoms with E-state index in [2.05, 4.69) is 17.0 Å². The fourth-order valence-electron chi connectivity index (χ4n) is 3.24. The number of amides is 2. The molecule has 0 radical (unpaired) electrons. The molecule has 0 saturated carbocycles. The van der Waals surface area contributed by atoms with E-state index in [1.165, 1.54) is 12.1 Å². The summed E-state index contributed by atoms with van der Waals surface area (Å²) < 4.78 is 1.96. The molecule has 1 saturated heterocycles. The summed E-state index contributed by atoms with van der Waals surface area (Å²) in [6.45, 7) is 4.55. The van der Waals surface area contributed by atoms with Crippen LogP contribution in [0.3, 0.4) is 0 Å². The average Bonchev–Trinajstić information content (AvgIpc) is 3.19. The van der Waals surface area contributed by atoms with Crippen LogP contribution in [0.2, 0.25) is 0 Å². The zero-order valence-electron chi connectivity index (χ0n) is 16.1. The number of rotatable bonds is 5. The number of phenols is 1. The van der Waals surface area contributed by atoms with Gasteiger partial charge < -0.3 is 20.2 Å². The molecule has 28 heavy (non-hydrogen) atoms. The van der Waals surface area contributed by atoms with Crippen molar-refractivity contribution in [1.29, 1.82) is 0 Å². The summed E-state index contributed by atoms with van der Waals surface area (Å²) in [6.07, 6.45) is 6.57. The van der Waals surface area contributed by atoms with Gasteiger partial charge in [0.05, 0.1) is 23.5 Å². The van der Waals surface area contributed by atoms with E-state index in [9.17, 15) is 14.7 Å². The highest BCUT2D eigenvalue weighted by molar-refractivity contribution is 6.02. The molecular weight excluding hydrogens is 358 g/mol. The van der Waals surface area contributed by atoms with Gasteiger partial charge in [-0.25, -0.2) is 0 Å². The highest BCUT2D eigenvalue weighted by atomic mass is 16.3. The number of piperidine rings is 1. The molecule has 0 bridgehead atoms. The maximum Gasteiger partial charge on any atom is 0.257 e. The molecule has 0 atom stereocenters. The van der Waals surface area contributed by atoms with E-state index in [1.54, 1.807) is 11.0 Å². The highest BCUT2D eigenvalue weighted by Gasteiger charge is 2.26. The molecule has 2 amide bonds. The van der Waals surface area contributed by atoms with E-state index in [0.717, 1.165) is 24.6 Å².